The van der Waals surface area contributed by atoms with Gasteiger partial charge in [0.05, 0.1) is 22.7 Å². The minimum absolute atomic E-state index is 0.215. The number of aliphatic hydroxyl groups is 1. The molecule has 2 nitrogen and oxygen atoms in total. The first kappa shape index (κ1) is 14.7. The molecule has 0 saturated heterocycles. The SMILES string of the molecule is Cc1ccc(S(=O)C[C@H](O)/C=C/c2ccccc2)cc1. The highest BCUT2D eigenvalue weighted by atomic mass is 32.2. The third-order valence-electron chi connectivity index (χ3n) is 2.92. The molecule has 0 amide bonds. The van der Waals surface area contributed by atoms with Gasteiger partial charge in [-0.3, -0.25) is 4.21 Å². The Morgan fingerprint density at radius 3 is 2.40 bits per heavy atom. The Balaban J connectivity index is 1.94. The van der Waals surface area contributed by atoms with Gasteiger partial charge in [-0.05, 0) is 24.6 Å². The van der Waals surface area contributed by atoms with Gasteiger partial charge in [0.25, 0.3) is 0 Å². The second-order valence-electron chi connectivity index (χ2n) is 4.66. The molecular formula is C17H18O2S. The van der Waals surface area contributed by atoms with Crippen LogP contribution in [-0.4, -0.2) is 21.2 Å². The van der Waals surface area contributed by atoms with Gasteiger partial charge in [-0.1, -0.05) is 60.2 Å². The van der Waals surface area contributed by atoms with E-state index >= 15 is 0 Å². The molecule has 1 unspecified atom stereocenters. The van der Waals surface area contributed by atoms with Crippen LogP contribution in [0.25, 0.3) is 6.08 Å². The van der Waals surface area contributed by atoms with Gasteiger partial charge in [-0.25, -0.2) is 0 Å². The van der Waals surface area contributed by atoms with Crippen molar-refractivity contribution in [3.63, 3.8) is 0 Å². The van der Waals surface area contributed by atoms with E-state index in [0.29, 0.717) is 0 Å². The Hall–Kier alpha value is -1.71. The van der Waals surface area contributed by atoms with Gasteiger partial charge < -0.3 is 5.11 Å². The minimum Gasteiger partial charge on any atom is -0.388 e. The van der Waals surface area contributed by atoms with Crippen LogP contribution in [0.2, 0.25) is 0 Å². The molecule has 0 aromatic heterocycles. The molecule has 0 aliphatic rings. The van der Waals surface area contributed by atoms with Gasteiger partial charge in [-0.2, -0.15) is 0 Å². The summed E-state index contributed by atoms with van der Waals surface area (Å²) in [5, 5.41) is 9.92. The van der Waals surface area contributed by atoms with Crippen molar-refractivity contribution in [1.29, 1.82) is 0 Å². The Kier molecular flexibility index (Phi) is 5.27. The summed E-state index contributed by atoms with van der Waals surface area (Å²) < 4.78 is 12.1. The van der Waals surface area contributed by atoms with Gasteiger partial charge >= 0.3 is 0 Å². The standard InChI is InChI=1S/C17H18O2S/c1-14-7-11-17(12-8-14)20(19)13-16(18)10-9-15-5-3-2-4-6-15/h2-12,16,18H,13H2,1H3/b10-9+/t16-,20?/m1/s1. The van der Waals surface area contributed by atoms with E-state index in [0.717, 1.165) is 16.0 Å². The van der Waals surface area contributed by atoms with E-state index in [4.69, 9.17) is 0 Å². The third-order valence-corrected chi connectivity index (χ3v) is 4.36. The molecule has 2 rings (SSSR count). The molecule has 1 N–H and O–H groups in total. The van der Waals surface area contributed by atoms with Crippen molar-refractivity contribution in [2.75, 3.05) is 5.75 Å². The van der Waals surface area contributed by atoms with Crippen molar-refractivity contribution in [1.82, 2.24) is 0 Å². The molecule has 0 radical (unpaired) electrons. The molecule has 0 saturated carbocycles. The fourth-order valence-electron chi connectivity index (χ4n) is 1.78. The Bertz CT molecular complexity index is 588. The topological polar surface area (TPSA) is 37.3 Å². The summed E-state index contributed by atoms with van der Waals surface area (Å²) in [5.41, 5.74) is 2.16. The lowest BCUT2D eigenvalue weighted by Gasteiger charge is -2.06. The van der Waals surface area contributed by atoms with E-state index < -0.39 is 16.9 Å². The molecule has 0 fully saturated rings. The fourth-order valence-corrected chi connectivity index (χ4v) is 2.84. The molecule has 2 aromatic carbocycles. The molecule has 2 atom stereocenters. The van der Waals surface area contributed by atoms with Crippen molar-refractivity contribution in [2.24, 2.45) is 0 Å². The van der Waals surface area contributed by atoms with Crippen LogP contribution in [-0.2, 0) is 10.8 Å². The maximum absolute atomic E-state index is 12.1. The first-order valence-electron chi connectivity index (χ1n) is 6.51. The van der Waals surface area contributed by atoms with Crippen molar-refractivity contribution >= 4 is 16.9 Å². The van der Waals surface area contributed by atoms with Crippen molar-refractivity contribution in [3.8, 4) is 0 Å². The Morgan fingerprint density at radius 2 is 1.75 bits per heavy atom. The van der Waals surface area contributed by atoms with E-state index in [2.05, 4.69) is 0 Å². The lowest BCUT2D eigenvalue weighted by atomic mass is 10.2. The van der Waals surface area contributed by atoms with Crippen LogP contribution in [0.15, 0.2) is 65.6 Å². The van der Waals surface area contributed by atoms with Crippen molar-refractivity contribution in [2.45, 2.75) is 17.9 Å². The summed E-state index contributed by atoms with van der Waals surface area (Å²) in [6.07, 6.45) is 2.82. The molecule has 0 spiro atoms. The van der Waals surface area contributed by atoms with Crippen molar-refractivity contribution in [3.05, 3.63) is 71.8 Å². The maximum atomic E-state index is 12.1. The molecule has 0 bridgehead atoms. The molecule has 20 heavy (non-hydrogen) atoms. The predicted molar refractivity (Wildman–Crippen MR) is 83.9 cm³/mol. The summed E-state index contributed by atoms with van der Waals surface area (Å²) in [5.74, 6) is 0.215. The highest BCUT2D eigenvalue weighted by molar-refractivity contribution is 7.85. The minimum atomic E-state index is -1.18. The second kappa shape index (κ2) is 7.17. The predicted octanol–water partition coefficient (Wildman–Crippen LogP) is 3.18. The number of aliphatic hydroxyl groups excluding tert-OH is 1. The van der Waals surface area contributed by atoms with Crippen LogP contribution in [0, 0.1) is 6.92 Å². The van der Waals surface area contributed by atoms with Gasteiger partial charge in [-0.15, -0.1) is 0 Å². The zero-order valence-electron chi connectivity index (χ0n) is 11.4. The molecule has 3 heteroatoms. The largest absolute Gasteiger partial charge is 0.388 e. The quantitative estimate of drug-likeness (QED) is 0.916. The number of benzene rings is 2. The third kappa shape index (κ3) is 4.44. The van der Waals surface area contributed by atoms with E-state index in [1.807, 2.05) is 67.6 Å². The van der Waals surface area contributed by atoms with Gasteiger partial charge in [0.2, 0.25) is 0 Å². The molecular weight excluding hydrogens is 268 g/mol. The lowest BCUT2D eigenvalue weighted by molar-refractivity contribution is 0.248. The van der Waals surface area contributed by atoms with Crippen LogP contribution >= 0.6 is 0 Å². The van der Waals surface area contributed by atoms with Gasteiger partial charge in [0.1, 0.15) is 0 Å². The van der Waals surface area contributed by atoms with E-state index in [-0.39, 0.29) is 5.75 Å². The average molecular weight is 286 g/mol. The molecule has 0 aliphatic carbocycles. The first-order valence-corrected chi connectivity index (χ1v) is 7.83. The summed E-state index contributed by atoms with van der Waals surface area (Å²) >= 11 is 0. The molecule has 0 aliphatic heterocycles. The zero-order chi connectivity index (χ0) is 14.4. The zero-order valence-corrected chi connectivity index (χ0v) is 12.2. The van der Waals surface area contributed by atoms with Crippen LogP contribution in [0.1, 0.15) is 11.1 Å². The highest BCUT2D eigenvalue weighted by Crippen LogP contribution is 2.10. The van der Waals surface area contributed by atoms with Crippen LogP contribution in [0.3, 0.4) is 0 Å². The number of hydrogen-bond acceptors (Lipinski definition) is 2. The van der Waals surface area contributed by atoms with E-state index in [9.17, 15) is 9.32 Å². The maximum Gasteiger partial charge on any atom is 0.0843 e. The molecule has 2 aromatic rings. The average Bonchev–Trinajstić information content (AvgIpc) is 2.47. The van der Waals surface area contributed by atoms with E-state index in [1.165, 1.54) is 0 Å². The number of aryl methyl sites for hydroxylation is 1. The number of rotatable bonds is 5. The van der Waals surface area contributed by atoms with Crippen molar-refractivity contribution < 1.29 is 9.32 Å². The summed E-state index contributed by atoms with van der Waals surface area (Å²) in [6, 6.07) is 17.3. The lowest BCUT2D eigenvalue weighted by Crippen LogP contribution is -2.13. The number of hydrogen-bond donors (Lipinski definition) is 1. The molecule has 104 valence electrons. The Morgan fingerprint density at radius 1 is 1.10 bits per heavy atom. The summed E-state index contributed by atoms with van der Waals surface area (Å²) in [4.78, 5) is 0.753. The van der Waals surface area contributed by atoms with E-state index in [1.54, 1.807) is 6.08 Å². The highest BCUT2D eigenvalue weighted by Gasteiger charge is 2.08. The van der Waals surface area contributed by atoms with Crippen LogP contribution in [0.5, 0.6) is 0 Å². The monoisotopic (exact) mass is 286 g/mol. The summed E-state index contributed by atoms with van der Waals surface area (Å²) in [7, 11) is -1.18. The first-order chi connectivity index (χ1) is 9.65. The van der Waals surface area contributed by atoms with Gasteiger partial charge in [0, 0.05) is 4.90 Å². The normalized spacial score (nSPS) is 14.3. The molecule has 0 heterocycles. The smallest absolute Gasteiger partial charge is 0.0843 e. The second-order valence-corrected chi connectivity index (χ2v) is 6.16. The fraction of sp³-hybridized carbons (Fsp3) is 0.176. The summed E-state index contributed by atoms with van der Waals surface area (Å²) in [6.45, 7) is 1.99. The Labute approximate surface area is 122 Å². The van der Waals surface area contributed by atoms with Crippen LogP contribution < -0.4 is 0 Å². The van der Waals surface area contributed by atoms with Gasteiger partial charge in [0.15, 0.2) is 0 Å². The van der Waals surface area contributed by atoms with Crippen LogP contribution in [0.4, 0.5) is 0 Å².